The SMILES string of the molecule is CC(CCC(C)C(F)(F)F)c1ccc(Cn2c(=O)n(C)c3cnc(-c4cccnc4C(F)F)nc32)cc1. The van der Waals surface area contributed by atoms with Crippen molar-refractivity contribution in [3.05, 3.63) is 76.1 Å². The highest BCUT2D eigenvalue weighted by Crippen LogP contribution is 2.32. The van der Waals surface area contributed by atoms with Gasteiger partial charge in [0.2, 0.25) is 0 Å². The lowest BCUT2D eigenvalue weighted by atomic mass is 9.91. The number of aryl methyl sites for hydroxylation is 1. The fourth-order valence-electron chi connectivity index (χ4n) is 4.19. The van der Waals surface area contributed by atoms with Crippen molar-refractivity contribution < 1.29 is 22.0 Å². The maximum absolute atomic E-state index is 13.5. The molecule has 37 heavy (non-hydrogen) atoms. The maximum atomic E-state index is 13.5. The Labute approximate surface area is 209 Å². The normalized spacial score (nSPS) is 13.9. The van der Waals surface area contributed by atoms with Crippen LogP contribution in [0.25, 0.3) is 22.6 Å². The van der Waals surface area contributed by atoms with Gasteiger partial charge in [-0.1, -0.05) is 38.1 Å². The number of benzene rings is 1. The zero-order valence-corrected chi connectivity index (χ0v) is 20.5. The summed E-state index contributed by atoms with van der Waals surface area (Å²) in [5.41, 5.74) is 1.72. The summed E-state index contributed by atoms with van der Waals surface area (Å²) in [6.07, 6.45) is -3.88. The summed E-state index contributed by atoms with van der Waals surface area (Å²) in [4.78, 5) is 25.3. The van der Waals surface area contributed by atoms with Crippen LogP contribution in [0, 0.1) is 5.92 Å². The maximum Gasteiger partial charge on any atom is 0.391 e. The highest BCUT2D eigenvalue weighted by molar-refractivity contribution is 5.74. The van der Waals surface area contributed by atoms with Gasteiger partial charge in [0.25, 0.3) is 6.43 Å². The van der Waals surface area contributed by atoms with E-state index in [1.165, 1.54) is 40.6 Å². The average molecular weight is 520 g/mol. The molecule has 3 aromatic heterocycles. The second-order valence-corrected chi connectivity index (χ2v) is 9.23. The lowest BCUT2D eigenvalue weighted by molar-refractivity contribution is -0.171. The van der Waals surface area contributed by atoms with Crippen molar-refractivity contribution in [2.75, 3.05) is 0 Å². The monoisotopic (exact) mass is 519 g/mol. The van der Waals surface area contributed by atoms with Crippen molar-refractivity contribution in [1.29, 1.82) is 0 Å². The fourth-order valence-corrected chi connectivity index (χ4v) is 4.19. The molecule has 0 radical (unpaired) electrons. The lowest BCUT2D eigenvalue weighted by Crippen LogP contribution is -2.22. The minimum Gasteiger partial charge on any atom is -0.292 e. The summed E-state index contributed by atoms with van der Waals surface area (Å²) in [7, 11) is 1.57. The first-order valence-electron chi connectivity index (χ1n) is 11.8. The number of alkyl halides is 5. The number of pyridine rings is 1. The van der Waals surface area contributed by atoms with Gasteiger partial charge in [-0.25, -0.2) is 23.5 Å². The van der Waals surface area contributed by atoms with Crippen LogP contribution in [0.3, 0.4) is 0 Å². The third-order valence-electron chi connectivity index (χ3n) is 6.65. The number of fused-ring (bicyclic) bond motifs is 1. The molecule has 11 heteroatoms. The third-order valence-corrected chi connectivity index (χ3v) is 6.65. The molecule has 196 valence electrons. The van der Waals surface area contributed by atoms with E-state index in [4.69, 9.17) is 0 Å². The lowest BCUT2D eigenvalue weighted by Gasteiger charge is -2.18. The van der Waals surface area contributed by atoms with Crippen LogP contribution in [-0.2, 0) is 13.6 Å². The Bertz CT molecular complexity index is 1440. The van der Waals surface area contributed by atoms with E-state index in [1.807, 2.05) is 31.2 Å². The Morgan fingerprint density at radius 3 is 2.35 bits per heavy atom. The van der Waals surface area contributed by atoms with E-state index in [1.54, 1.807) is 7.05 Å². The van der Waals surface area contributed by atoms with Crippen molar-refractivity contribution in [3.8, 4) is 11.4 Å². The minimum atomic E-state index is -4.20. The van der Waals surface area contributed by atoms with E-state index < -0.39 is 24.2 Å². The highest BCUT2D eigenvalue weighted by Gasteiger charge is 2.35. The van der Waals surface area contributed by atoms with E-state index in [2.05, 4.69) is 15.0 Å². The molecule has 0 saturated carbocycles. The van der Waals surface area contributed by atoms with E-state index in [0.29, 0.717) is 17.6 Å². The van der Waals surface area contributed by atoms with Gasteiger partial charge in [0.15, 0.2) is 11.5 Å². The largest absolute Gasteiger partial charge is 0.391 e. The molecule has 1 aromatic carbocycles. The molecule has 4 aromatic rings. The summed E-state index contributed by atoms with van der Waals surface area (Å²) in [5, 5.41) is 0. The summed E-state index contributed by atoms with van der Waals surface area (Å²) >= 11 is 0. The predicted molar refractivity (Wildman–Crippen MR) is 129 cm³/mol. The van der Waals surface area contributed by atoms with Crippen molar-refractivity contribution >= 4 is 11.2 Å². The molecular weight excluding hydrogens is 493 g/mol. The van der Waals surface area contributed by atoms with Crippen LogP contribution in [0.5, 0.6) is 0 Å². The van der Waals surface area contributed by atoms with E-state index in [0.717, 1.165) is 11.1 Å². The van der Waals surface area contributed by atoms with Crippen LogP contribution in [0.15, 0.2) is 53.6 Å². The Morgan fingerprint density at radius 2 is 1.70 bits per heavy atom. The Hall–Kier alpha value is -3.63. The topological polar surface area (TPSA) is 65.6 Å². The number of rotatable bonds is 8. The minimum absolute atomic E-state index is 0.0347. The zero-order chi connectivity index (χ0) is 26.9. The molecule has 0 amide bonds. The smallest absolute Gasteiger partial charge is 0.292 e. The summed E-state index contributed by atoms with van der Waals surface area (Å²) in [6.45, 7) is 3.24. The first kappa shape index (κ1) is 26.4. The molecule has 0 aliphatic heterocycles. The molecule has 3 heterocycles. The molecule has 0 saturated heterocycles. The second-order valence-electron chi connectivity index (χ2n) is 9.23. The van der Waals surface area contributed by atoms with E-state index in [9.17, 15) is 26.7 Å². The molecule has 0 aliphatic carbocycles. The number of nitrogens with zero attached hydrogens (tertiary/aromatic N) is 5. The molecule has 0 aliphatic rings. The Kier molecular flexibility index (Phi) is 7.42. The van der Waals surface area contributed by atoms with Gasteiger partial charge >= 0.3 is 11.9 Å². The molecule has 0 spiro atoms. The molecule has 2 unspecified atom stereocenters. The number of halogens is 5. The van der Waals surface area contributed by atoms with Crippen LogP contribution in [0.2, 0.25) is 0 Å². The summed E-state index contributed by atoms with van der Waals surface area (Å²) < 4.78 is 68.2. The highest BCUT2D eigenvalue weighted by atomic mass is 19.4. The van der Waals surface area contributed by atoms with Crippen LogP contribution in [-0.4, -0.2) is 30.3 Å². The molecule has 2 atom stereocenters. The first-order valence-corrected chi connectivity index (χ1v) is 11.8. The van der Waals surface area contributed by atoms with Gasteiger partial charge in [-0.05, 0) is 42.0 Å². The Balaban J connectivity index is 1.60. The Morgan fingerprint density at radius 1 is 1.00 bits per heavy atom. The van der Waals surface area contributed by atoms with Gasteiger partial charge in [0.05, 0.1) is 18.7 Å². The van der Waals surface area contributed by atoms with Gasteiger partial charge in [0.1, 0.15) is 11.2 Å². The molecule has 6 nitrogen and oxygen atoms in total. The molecular formula is C26H26F5N5O. The second kappa shape index (κ2) is 10.4. The number of hydrogen-bond donors (Lipinski definition) is 0. The number of hydrogen-bond acceptors (Lipinski definition) is 4. The van der Waals surface area contributed by atoms with Crippen LogP contribution < -0.4 is 5.69 Å². The van der Waals surface area contributed by atoms with Crippen LogP contribution >= 0.6 is 0 Å². The van der Waals surface area contributed by atoms with Gasteiger partial charge in [-0.3, -0.25) is 14.1 Å². The van der Waals surface area contributed by atoms with Crippen LogP contribution in [0.1, 0.15) is 55.9 Å². The van der Waals surface area contributed by atoms with Crippen molar-refractivity contribution in [1.82, 2.24) is 24.1 Å². The standard InChI is InChI=1S/C26H26F5N5O/c1-15(6-7-16(2)26(29,30)31)18-10-8-17(9-11-18)14-36-24-20(35(3)25(36)37)13-33-23(34-24)19-5-4-12-32-21(19)22(27)28/h4-5,8-13,15-16,22H,6-7,14H2,1-3H3. The van der Waals surface area contributed by atoms with Gasteiger partial charge in [-0.2, -0.15) is 13.2 Å². The molecule has 0 N–H and O–H groups in total. The number of aromatic nitrogens is 5. The van der Waals surface area contributed by atoms with Gasteiger partial charge in [0, 0.05) is 18.8 Å². The zero-order valence-electron chi connectivity index (χ0n) is 20.5. The summed E-state index contributed by atoms with van der Waals surface area (Å²) in [6, 6.07) is 10.3. The fraction of sp³-hybridized carbons (Fsp3) is 0.385. The number of imidazole rings is 1. The quantitative estimate of drug-likeness (QED) is 0.258. The summed E-state index contributed by atoms with van der Waals surface area (Å²) in [5.74, 6) is -1.38. The molecule has 0 bridgehead atoms. The van der Waals surface area contributed by atoms with Crippen molar-refractivity contribution in [2.24, 2.45) is 13.0 Å². The molecule has 0 fully saturated rings. The van der Waals surface area contributed by atoms with Crippen molar-refractivity contribution in [3.63, 3.8) is 0 Å². The molecule has 4 rings (SSSR count). The predicted octanol–water partition coefficient (Wildman–Crippen LogP) is 6.26. The van der Waals surface area contributed by atoms with E-state index in [-0.39, 0.29) is 36.0 Å². The van der Waals surface area contributed by atoms with Gasteiger partial charge in [-0.15, -0.1) is 0 Å². The third kappa shape index (κ3) is 5.55. The van der Waals surface area contributed by atoms with E-state index >= 15 is 0 Å². The average Bonchev–Trinajstić information content (AvgIpc) is 3.11. The van der Waals surface area contributed by atoms with Crippen LogP contribution in [0.4, 0.5) is 22.0 Å². The van der Waals surface area contributed by atoms with Crippen molar-refractivity contribution in [2.45, 2.75) is 51.8 Å². The van der Waals surface area contributed by atoms with Gasteiger partial charge < -0.3 is 0 Å². The first-order chi connectivity index (χ1) is 17.5.